The number of amides is 2. The number of carbonyl (C=O) groups excluding carboxylic acids is 2. The third kappa shape index (κ3) is 5.05. The lowest BCUT2D eigenvalue weighted by atomic mass is 9.95. The number of benzene rings is 2. The molecule has 8 heteroatoms. The molecule has 4 unspecified atom stereocenters. The lowest BCUT2D eigenvalue weighted by Crippen LogP contribution is -2.53. The van der Waals surface area contributed by atoms with Gasteiger partial charge < -0.3 is 14.5 Å². The van der Waals surface area contributed by atoms with Crippen molar-refractivity contribution in [3.8, 4) is 0 Å². The molecule has 3 heterocycles. The van der Waals surface area contributed by atoms with Crippen LogP contribution in [0, 0.1) is 6.92 Å². The molecular formula is C32H37ClN4O3. The summed E-state index contributed by atoms with van der Waals surface area (Å²) >= 11 is 6.80. The minimum absolute atomic E-state index is 0.0339. The number of aryl methyl sites for hydroxylation is 1. The Morgan fingerprint density at radius 1 is 1.00 bits per heavy atom. The van der Waals surface area contributed by atoms with Crippen LogP contribution in [0.1, 0.15) is 92.2 Å². The van der Waals surface area contributed by atoms with Gasteiger partial charge in [-0.15, -0.1) is 0 Å². The molecule has 0 spiro atoms. The summed E-state index contributed by atoms with van der Waals surface area (Å²) in [6.45, 7) is 7.62. The molecule has 2 bridgehead atoms. The summed E-state index contributed by atoms with van der Waals surface area (Å²) in [4.78, 5) is 39.5. The smallest absolute Gasteiger partial charge is 0.410 e. The molecular weight excluding hydrogens is 524 g/mol. The van der Waals surface area contributed by atoms with E-state index in [4.69, 9.17) is 21.3 Å². The second-order valence-corrected chi connectivity index (χ2v) is 13.1. The Bertz CT molecular complexity index is 1470. The van der Waals surface area contributed by atoms with E-state index in [1.54, 1.807) is 0 Å². The van der Waals surface area contributed by atoms with Crippen LogP contribution >= 0.6 is 11.6 Å². The highest BCUT2D eigenvalue weighted by Crippen LogP contribution is 2.56. The first-order chi connectivity index (χ1) is 19.0. The molecule has 3 aliphatic rings. The van der Waals surface area contributed by atoms with Gasteiger partial charge >= 0.3 is 6.09 Å². The van der Waals surface area contributed by atoms with Gasteiger partial charge in [0.15, 0.2) is 0 Å². The standard InChI is InChI=1S/C32H37ClN4O3/c1-18-34-28-9-7-6-8-24(28)29(35-18)26-17-25(26)23-13-10-19(14-27(23)33)30(38)36(5)22-15-20-11-12-21(16-22)37(20)31(39)40-32(2,3)4/h6-10,13-14,20-22,25-26H,11-12,15-17H2,1-5H3. The third-order valence-electron chi connectivity index (χ3n) is 8.71. The molecule has 4 atom stereocenters. The van der Waals surface area contributed by atoms with Crippen molar-refractivity contribution in [3.05, 3.63) is 70.1 Å². The average Bonchev–Trinajstić information content (AvgIpc) is 3.64. The Labute approximate surface area is 240 Å². The summed E-state index contributed by atoms with van der Waals surface area (Å²) in [7, 11) is 1.87. The first kappa shape index (κ1) is 27.0. The van der Waals surface area contributed by atoms with E-state index < -0.39 is 5.60 Å². The van der Waals surface area contributed by atoms with Crippen LogP contribution in [0.25, 0.3) is 10.9 Å². The second-order valence-electron chi connectivity index (χ2n) is 12.7. The molecule has 2 aliphatic heterocycles. The fraction of sp³-hybridized carbons (Fsp3) is 0.500. The predicted molar refractivity (Wildman–Crippen MR) is 156 cm³/mol. The summed E-state index contributed by atoms with van der Waals surface area (Å²) in [5.41, 5.74) is 3.19. The molecule has 0 N–H and O–H groups in total. The Kier molecular flexibility index (Phi) is 6.76. The van der Waals surface area contributed by atoms with Gasteiger partial charge in [-0.05, 0) is 89.5 Å². The number of nitrogens with zero attached hydrogens (tertiary/aromatic N) is 4. The first-order valence-corrected chi connectivity index (χ1v) is 14.7. The van der Waals surface area contributed by atoms with E-state index in [0.717, 1.165) is 60.1 Å². The molecule has 1 aliphatic carbocycles. The highest BCUT2D eigenvalue weighted by atomic mass is 35.5. The van der Waals surface area contributed by atoms with Gasteiger partial charge in [-0.2, -0.15) is 0 Å². The van der Waals surface area contributed by atoms with Crippen molar-refractivity contribution in [2.24, 2.45) is 0 Å². The maximum absolute atomic E-state index is 13.5. The normalized spacial score (nSPS) is 25.6. The molecule has 0 radical (unpaired) electrons. The molecule has 40 heavy (non-hydrogen) atoms. The monoisotopic (exact) mass is 560 g/mol. The van der Waals surface area contributed by atoms with Crippen LogP contribution in [0.15, 0.2) is 42.5 Å². The van der Waals surface area contributed by atoms with Gasteiger partial charge in [-0.1, -0.05) is 35.9 Å². The summed E-state index contributed by atoms with van der Waals surface area (Å²) in [6, 6.07) is 14.2. The van der Waals surface area contributed by atoms with E-state index in [9.17, 15) is 9.59 Å². The minimum atomic E-state index is -0.520. The van der Waals surface area contributed by atoms with Gasteiger partial charge in [0.2, 0.25) is 0 Å². The molecule has 210 valence electrons. The molecule has 3 fully saturated rings. The van der Waals surface area contributed by atoms with Gasteiger partial charge in [0.05, 0.1) is 11.2 Å². The van der Waals surface area contributed by atoms with Crippen molar-refractivity contribution < 1.29 is 14.3 Å². The second kappa shape index (κ2) is 10.0. The molecule has 1 aromatic heterocycles. The van der Waals surface area contributed by atoms with Gasteiger partial charge in [-0.25, -0.2) is 14.8 Å². The number of hydrogen-bond donors (Lipinski definition) is 0. The van der Waals surface area contributed by atoms with Crippen molar-refractivity contribution in [2.45, 2.75) is 95.4 Å². The maximum Gasteiger partial charge on any atom is 0.410 e. The van der Waals surface area contributed by atoms with Crippen molar-refractivity contribution in [1.29, 1.82) is 0 Å². The van der Waals surface area contributed by atoms with E-state index in [1.165, 1.54) is 0 Å². The van der Waals surface area contributed by atoms with Crippen LogP contribution in [-0.4, -0.2) is 62.5 Å². The van der Waals surface area contributed by atoms with Gasteiger partial charge in [-0.3, -0.25) is 4.79 Å². The molecule has 2 amide bonds. The topological polar surface area (TPSA) is 75.6 Å². The number of halogens is 1. The van der Waals surface area contributed by atoms with Crippen LogP contribution in [0.2, 0.25) is 5.02 Å². The summed E-state index contributed by atoms with van der Waals surface area (Å²) in [6.07, 6.45) is 4.17. The van der Waals surface area contributed by atoms with Crippen LogP contribution in [-0.2, 0) is 4.74 Å². The third-order valence-corrected chi connectivity index (χ3v) is 9.04. The number of fused-ring (bicyclic) bond motifs is 3. The number of para-hydroxylation sites is 1. The van der Waals surface area contributed by atoms with E-state index in [2.05, 4.69) is 11.1 Å². The van der Waals surface area contributed by atoms with Gasteiger partial charge in [0.1, 0.15) is 11.4 Å². The fourth-order valence-corrected chi connectivity index (χ4v) is 7.07. The molecule has 2 saturated heterocycles. The number of carbonyl (C=O) groups is 2. The Morgan fingerprint density at radius 2 is 1.70 bits per heavy atom. The van der Waals surface area contributed by atoms with Crippen LogP contribution in [0.3, 0.4) is 0 Å². The van der Waals surface area contributed by atoms with Crippen molar-refractivity contribution in [2.75, 3.05) is 7.05 Å². The highest BCUT2D eigenvalue weighted by molar-refractivity contribution is 6.31. The molecule has 7 nitrogen and oxygen atoms in total. The number of aromatic nitrogens is 2. The molecule has 3 aromatic rings. The van der Waals surface area contributed by atoms with E-state index in [0.29, 0.717) is 16.5 Å². The quantitative estimate of drug-likeness (QED) is 0.348. The van der Waals surface area contributed by atoms with Gasteiger partial charge in [0, 0.05) is 47.1 Å². The molecule has 6 rings (SSSR count). The Balaban J connectivity index is 1.14. The zero-order valence-electron chi connectivity index (χ0n) is 23.9. The largest absolute Gasteiger partial charge is 0.444 e. The first-order valence-electron chi connectivity index (χ1n) is 14.3. The zero-order chi connectivity index (χ0) is 28.3. The lowest BCUT2D eigenvalue weighted by Gasteiger charge is -2.42. The number of ether oxygens (including phenoxy) is 1. The van der Waals surface area contributed by atoms with E-state index in [-0.39, 0.29) is 36.0 Å². The maximum atomic E-state index is 13.5. The Morgan fingerprint density at radius 3 is 2.38 bits per heavy atom. The Hall–Kier alpha value is -3.19. The fourth-order valence-electron chi connectivity index (χ4n) is 6.75. The van der Waals surface area contributed by atoms with Gasteiger partial charge in [0.25, 0.3) is 5.91 Å². The summed E-state index contributed by atoms with van der Waals surface area (Å²) < 4.78 is 5.67. The number of rotatable bonds is 4. The van der Waals surface area contributed by atoms with Crippen molar-refractivity contribution in [1.82, 2.24) is 19.8 Å². The van der Waals surface area contributed by atoms with E-state index in [1.807, 2.05) is 80.9 Å². The number of hydrogen-bond acceptors (Lipinski definition) is 5. The van der Waals surface area contributed by atoms with Crippen LogP contribution in [0.4, 0.5) is 4.79 Å². The zero-order valence-corrected chi connectivity index (χ0v) is 24.6. The van der Waals surface area contributed by atoms with Crippen molar-refractivity contribution in [3.63, 3.8) is 0 Å². The summed E-state index contributed by atoms with van der Waals surface area (Å²) in [5, 5.41) is 1.72. The molecule has 1 saturated carbocycles. The predicted octanol–water partition coefficient (Wildman–Crippen LogP) is 6.87. The highest BCUT2D eigenvalue weighted by Gasteiger charge is 2.47. The van der Waals surface area contributed by atoms with Crippen LogP contribution in [0.5, 0.6) is 0 Å². The van der Waals surface area contributed by atoms with Crippen molar-refractivity contribution >= 4 is 34.5 Å². The average molecular weight is 561 g/mol. The molecule has 2 aromatic carbocycles. The summed E-state index contributed by atoms with van der Waals surface area (Å²) in [5.74, 6) is 1.31. The van der Waals surface area contributed by atoms with E-state index >= 15 is 0 Å². The minimum Gasteiger partial charge on any atom is -0.444 e. The number of piperidine rings is 1. The lowest BCUT2D eigenvalue weighted by molar-refractivity contribution is -0.00112. The van der Waals surface area contributed by atoms with Crippen LogP contribution < -0.4 is 0 Å². The SMILES string of the molecule is Cc1nc(C2CC2c2ccc(C(=O)N(C)C3CC4CCC(C3)N4C(=O)OC(C)(C)C)cc2Cl)c2ccccc2n1.